The van der Waals surface area contributed by atoms with E-state index in [2.05, 4.69) is 21.1 Å². The fraction of sp³-hybridized carbons (Fsp3) is 0.150. The smallest absolute Gasteiger partial charge is 0.319 e. The van der Waals surface area contributed by atoms with Crippen molar-refractivity contribution in [3.8, 4) is 11.3 Å². The van der Waals surface area contributed by atoms with Crippen molar-refractivity contribution >= 4 is 23.3 Å². The van der Waals surface area contributed by atoms with E-state index in [0.29, 0.717) is 11.4 Å². The SMILES string of the molecule is O=C(Nc1ccc(NC(=O)c2cc(-c3ccccc3F)on2)cc1)NC1CC1. The van der Waals surface area contributed by atoms with E-state index < -0.39 is 11.7 Å². The number of aromatic nitrogens is 1. The van der Waals surface area contributed by atoms with Crippen LogP contribution < -0.4 is 16.0 Å². The Labute approximate surface area is 159 Å². The van der Waals surface area contributed by atoms with Gasteiger partial charge in [0.05, 0.1) is 5.56 Å². The van der Waals surface area contributed by atoms with Crippen LogP contribution in [0.2, 0.25) is 0 Å². The van der Waals surface area contributed by atoms with E-state index in [4.69, 9.17) is 4.52 Å². The summed E-state index contributed by atoms with van der Waals surface area (Å²) in [6, 6.07) is 14.2. The lowest BCUT2D eigenvalue weighted by Gasteiger charge is -2.08. The number of carbonyl (C=O) groups excluding carboxylic acids is 2. The first-order chi connectivity index (χ1) is 13.6. The number of anilines is 2. The quantitative estimate of drug-likeness (QED) is 0.623. The standard InChI is InChI=1S/C20H17FN4O3/c21-16-4-2-1-3-15(16)18-11-17(25-28-18)19(26)22-12-5-7-13(8-6-12)23-20(27)24-14-9-10-14/h1-8,11,14H,9-10H2,(H,22,26)(H2,23,24,27). The number of amides is 3. The van der Waals surface area contributed by atoms with E-state index in [1.54, 1.807) is 42.5 Å². The summed E-state index contributed by atoms with van der Waals surface area (Å²) in [6.07, 6.45) is 2.03. The number of hydrogen-bond acceptors (Lipinski definition) is 4. The molecule has 0 aliphatic heterocycles. The Bertz CT molecular complexity index is 1010. The summed E-state index contributed by atoms with van der Waals surface area (Å²) in [5.74, 6) is -0.776. The fourth-order valence-corrected chi connectivity index (χ4v) is 2.58. The maximum absolute atomic E-state index is 13.8. The highest BCUT2D eigenvalue weighted by molar-refractivity contribution is 6.03. The van der Waals surface area contributed by atoms with Gasteiger partial charge < -0.3 is 20.5 Å². The van der Waals surface area contributed by atoms with Crippen LogP contribution >= 0.6 is 0 Å². The zero-order valence-corrected chi connectivity index (χ0v) is 14.7. The number of nitrogens with one attached hydrogen (secondary N) is 3. The van der Waals surface area contributed by atoms with Crippen LogP contribution in [0.3, 0.4) is 0 Å². The third kappa shape index (κ3) is 4.17. The minimum Gasteiger partial charge on any atom is -0.355 e. The lowest BCUT2D eigenvalue weighted by atomic mass is 10.1. The normalized spacial score (nSPS) is 13.0. The van der Waals surface area contributed by atoms with Crippen molar-refractivity contribution in [1.82, 2.24) is 10.5 Å². The van der Waals surface area contributed by atoms with Crippen LogP contribution in [-0.4, -0.2) is 23.1 Å². The molecule has 1 heterocycles. The number of rotatable bonds is 5. The summed E-state index contributed by atoms with van der Waals surface area (Å²) >= 11 is 0. The highest BCUT2D eigenvalue weighted by atomic mass is 19.1. The van der Waals surface area contributed by atoms with Gasteiger partial charge in [0.1, 0.15) is 5.82 Å². The zero-order chi connectivity index (χ0) is 19.5. The predicted molar refractivity (Wildman–Crippen MR) is 101 cm³/mol. The van der Waals surface area contributed by atoms with E-state index in [1.165, 1.54) is 12.1 Å². The van der Waals surface area contributed by atoms with Crippen LogP contribution in [-0.2, 0) is 0 Å². The van der Waals surface area contributed by atoms with Gasteiger partial charge >= 0.3 is 6.03 Å². The topological polar surface area (TPSA) is 96.3 Å². The fourth-order valence-electron chi connectivity index (χ4n) is 2.58. The molecule has 0 radical (unpaired) electrons. The molecule has 1 aliphatic carbocycles. The molecule has 28 heavy (non-hydrogen) atoms. The Kier molecular flexibility index (Phi) is 4.76. The van der Waals surface area contributed by atoms with Crippen LogP contribution in [0.5, 0.6) is 0 Å². The first-order valence-corrected chi connectivity index (χ1v) is 8.79. The van der Waals surface area contributed by atoms with Gasteiger partial charge in [-0.3, -0.25) is 4.79 Å². The summed E-state index contributed by atoms with van der Waals surface area (Å²) in [7, 11) is 0. The van der Waals surface area contributed by atoms with Gasteiger partial charge in [0, 0.05) is 23.5 Å². The Balaban J connectivity index is 1.38. The number of halogens is 1. The molecule has 2 aromatic carbocycles. The van der Waals surface area contributed by atoms with Crippen molar-refractivity contribution in [3.63, 3.8) is 0 Å². The van der Waals surface area contributed by atoms with E-state index >= 15 is 0 Å². The monoisotopic (exact) mass is 380 g/mol. The molecule has 1 aliphatic rings. The minimum atomic E-state index is -0.487. The van der Waals surface area contributed by atoms with E-state index in [-0.39, 0.29) is 29.1 Å². The van der Waals surface area contributed by atoms with Gasteiger partial charge in [-0.15, -0.1) is 0 Å². The Hall–Kier alpha value is -3.68. The minimum absolute atomic E-state index is 0.0317. The van der Waals surface area contributed by atoms with Crippen molar-refractivity contribution in [2.45, 2.75) is 18.9 Å². The van der Waals surface area contributed by atoms with Gasteiger partial charge in [0.25, 0.3) is 5.91 Å². The Morgan fingerprint density at radius 2 is 1.68 bits per heavy atom. The lowest BCUT2D eigenvalue weighted by molar-refractivity contribution is 0.101. The maximum atomic E-state index is 13.8. The zero-order valence-electron chi connectivity index (χ0n) is 14.7. The second-order valence-corrected chi connectivity index (χ2v) is 6.46. The summed E-state index contributed by atoms with van der Waals surface area (Å²) in [6.45, 7) is 0. The number of nitrogens with zero attached hydrogens (tertiary/aromatic N) is 1. The van der Waals surface area contributed by atoms with Gasteiger partial charge in [0.15, 0.2) is 11.5 Å². The number of benzene rings is 2. The van der Waals surface area contributed by atoms with Crippen LogP contribution in [0.4, 0.5) is 20.6 Å². The largest absolute Gasteiger partial charge is 0.355 e. The Morgan fingerprint density at radius 3 is 2.36 bits per heavy atom. The summed E-state index contributed by atoms with van der Waals surface area (Å²) < 4.78 is 18.9. The van der Waals surface area contributed by atoms with Crippen molar-refractivity contribution < 1.29 is 18.5 Å². The molecule has 3 aromatic rings. The van der Waals surface area contributed by atoms with Crippen molar-refractivity contribution in [3.05, 3.63) is 66.1 Å². The molecule has 3 amide bonds. The first-order valence-electron chi connectivity index (χ1n) is 8.79. The lowest BCUT2D eigenvalue weighted by Crippen LogP contribution is -2.30. The number of carbonyl (C=O) groups is 2. The molecule has 0 spiro atoms. The molecular formula is C20H17FN4O3. The van der Waals surface area contributed by atoms with Gasteiger partial charge in [-0.05, 0) is 49.2 Å². The first kappa shape index (κ1) is 17.7. The molecule has 1 aromatic heterocycles. The number of hydrogen-bond donors (Lipinski definition) is 3. The molecule has 0 saturated heterocycles. The van der Waals surface area contributed by atoms with Gasteiger partial charge in [0.2, 0.25) is 0 Å². The van der Waals surface area contributed by atoms with Crippen molar-refractivity contribution in [2.24, 2.45) is 0 Å². The molecule has 142 valence electrons. The number of urea groups is 1. The molecule has 3 N–H and O–H groups in total. The molecular weight excluding hydrogens is 363 g/mol. The molecule has 0 bridgehead atoms. The third-order valence-electron chi connectivity index (χ3n) is 4.20. The van der Waals surface area contributed by atoms with Gasteiger partial charge in [-0.1, -0.05) is 17.3 Å². The van der Waals surface area contributed by atoms with Crippen molar-refractivity contribution in [2.75, 3.05) is 10.6 Å². The highest BCUT2D eigenvalue weighted by Gasteiger charge is 2.23. The second kappa shape index (κ2) is 7.51. The van der Waals surface area contributed by atoms with Crippen LogP contribution in [0.15, 0.2) is 59.1 Å². The summed E-state index contributed by atoms with van der Waals surface area (Å²) in [4.78, 5) is 24.0. The predicted octanol–water partition coefficient (Wildman–Crippen LogP) is 4.02. The van der Waals surface area contributed by atoms with E-state index in [0.717, 1.165) is 12.8 Å². The second-order valence-electron chi connectivity index (χ2n) is 6.46. The molecule has 0 atom stereocenters. The van der Waals surface area contributed by atoms with Crippen LogP contribution in [0, 0.1) is 5.82 Å². The average Bonchev–Trinajstić information content (AvgIpc) is 3.35. The summed E-state index contributed by atoms with van der Waals surface area (Å²) in [5.41, 5.74) is 1.39. The average molecular weight is 380 g/mol. The molecule has 1 fully saturated rings. The van der Waals surface area contributed by atoms with Crippen LogP contribution in [0.1, 0.15) is 23.3 Å². The molecule has 8 heteroatoms. The summed E-state index contributed by atoms with van der Waals surface area (Å²) in [5, 5.41) is 11.9. The third-order valence-corrected chi connectivity index (χ3v) is 4.20. The molecule has 7 nitrogen and oxygen atoms in total. The van der Waals surface area contributed by atoms with E-state index in [1.807, 2.05) is 0 Å². The van der Waals surface area contributed by atoms with E-state index in [9.17, 15) is 14.0 Å². The van der Waals surface area contributed by atoms with Crippen molar-refractivity contribution in [1.29, 1.82) is 0 Å². The van der Waals surface area contributed by atoms with Gasteiger partial charge in [-0.2, -0.15) is 0 Å². The molecule has 1 saturated carbocycles. The molecule has 0 unspecified atom stereocenters. The Morgan fingerprint density at radius 1 is 1.00 bits per heavy atom. The highest BCUT2D eigenvalue weighted by Crippen LogP contribution is 2.24. The van der Waals surface area contributed by atoms with Crippen LogP contribution in [0.25, 0.3) is 11.3 Å². The molecule has 4 rings (SSSR count). The maximum Gasteiger partial charge on any atom is 0.319 e. The van der Waals surface area contributed by atoms with Gasteiger partial charge in [-0.25, -0.2) is 9.18 Å².